The van der Waals surface area contributed by atoms with Crippen LogP contribution in [0.4, 0.5) is 10.1 Å². The number of halogens is 2. The van der Waals surface area contributed by atoms with Crippen molar-refractivity contribution in [3.05, 3.63) is 64.9 Å². The van der Waals surface area contributed by atoms with Crippen molar-refractivity contribution in [2.45, 2.75) is 25.7 Å². The fraction of sp³-hybridized carbons (Fsp3) is 0.414. The lowest BCUT2D eigenvalue weighted by molar-refractivity contribution is -0.121. The molecule has 3 aromatic rings. The van der Waals surface area contributed by atoms with Crippen molar-refractivity contribution in [2.24, 2.45) is 11.7 Å². The molecule has 0 saturated carbocycles. The maximum Gasteiger partial charge on any atom is 0.222 e. The maximum absolute atomic E-state index is 13.8. The first-order valence-corrected chi connectivity index (χ1v) is 13.4. The number of anilines is 1. The van der Waals surface area contributed by atoms with Gasteiger partial charge in [-0.25, -0.2) is 4.39 Å². The summed E-state index contributed by atoms with van der Waals surface area (Å²) in [6, 6.07) is 15.6. The summed E-state index contributed by atoms with van der Waals surface area (Å²) in [7, 11) is 0. The average Bonchev–Trinajstić information content (AvgIpc) is 3.37. The highest BCUT2D eigenvalue weighted by Gasteiger charge is 2.26. The van der Waals surface area contributed by atoms with E-state index in [1.54, 1.807) is 6.07 Å². The van der Waals surface area contributed by atoms with E-state index in [-0.39, 0.29) is 23.4 Å². The second-order valence-corrected chi connectivity index (χ2v) is 10.3. The van der Waals surface area contributed by atoms with Crippen LogP contribution in [0.25, 0.3) is 10.8 Å². The lowest BCUT2D eigenvalue weighted by atomic mass is 10.1. The number of primary amides is 1. The van der Waals surface area contributed by atoms with Gasteiger partial charge in [0.25, 0.3) is 0 Å². The number of benzene rings is 3. The number of carbonyl (C=O) groups excluding carboxylic acids is 1. The molecular formula is C29H33ClFN3O3. The Hall–Kier alpha value is -3.03. The van der Waals surface area contributed by atoms with Gasteiger partial charge in [0.15, 0.2) is 17.3 Å². The van der Waals surface area contributed by atoms with Gasteiger partial charge in [-0.1, -0.05) is 23.7 Å². The van der Waals surface area contributed by atoms with Crippen LogP contribution >= 0.6 is 11.6 Å². The third-order valence-corrected chi connectivity index (χ3v) is 7.52. The SMILES string of the molecule is Fc1cc(CCCN2CCC2)cc2c1OCCO2.NC(=O)C1CCN(c2ccc3cc(Cl)ccc3c2)C1. The first kappa shape index (κ1) is 25.6. The molecule has 6 rings (SSSR count). The molecular weight excluding hydrogens is 493 g/mol. The maximum atomic E-state index is 13.8. The fourth-order valence-electron chi connectivity index (χ4n) is 5.05. The molecule has 37 heavy (non-hydrogen) atoms. The minimum Gasteiger partial charge on any atom is -0.486 e. The summed E-state index contributed by atoms with van der Waals surface area (Å²) in [6.07, 6.45) is 4.12. The highest BCUT2D eigenvalue weighted by atomic mass is 35.5. The Balaban J connectivity index is 0.000000152. The quantitative estimate of drug-likeness (QED) is 0.488. The van der Waals surface area contributed by atoms with Gasteiger partial charge in [-0.05, 0) is 98.1 Å². The second-order valence-electron chi connectivity index (χ2n) is 9.91. The van der Waals surface area contributed by atoms with Crippen molar-refractivity contribution in [2.75, 3.05) is 50.8 Å². The molecule has 6 nitrogen and oxygen atoms in total. The van der Waals surface area contributed by atoms with Gasteiger partial charge in [0.05, 0.1) is 5.92 Å². The molecule has 0 aliphatic carbocycles. The van der Waals surface area contributed by atoms with Gasteiger partial charge < -0.3 is 25.0 Å². The van der Waals surface area contributed by atoms with Gasteiger partial charge in [0.1, 0.15) is 13.2 Å². The number of amides is 1. The third-order valence-electron chi connectivity index (χ3n) is 7.29. The minimum absolute atomic E-state index is 0.0269. The molecule has 3 aliphatic heterocycles. The van der Waals surface area contributed by atoms with Crippen molar-refractivity contribution in [1.29, 1.82) is 0 Å². The van der Waals surface area contributed by atoms with E-state index in [0.717, 1.165) is 59.4 Å². The number of nitrogens with zero attached hydrogens (tertiary/aromatic N) is 2. The Labute approximate surface area is 222 Å². The van der Waals surface area contributed by atoms with Crippen LogP contribution < -0.4 is 20.1 Å². The summed E-state index contributed by atoms with van der Waals surface area (Å²) >= 11 is 5.98. The summed E-state index contributed by atoms with van der Waals surface area (Å²) in [5.41, 5.74) is 7.50. The summed E-state index contributed by atoms with van der Waals surface area (Å²) < 4.78 is 24.5. The monoisotopic (exact) mass is 525 g/mol. The molecule has 0 radical (unpaired) electrons. The molecule has 196 valence electrons. The number of carbonyl (C=O) groups is 1. The van der Waals surface area contributed by atoms with Crippen LogP contribution in [0, 0.1) is 11.7 Å². The van der Waals surface area contributed by atoms with E-state index >= 15 is 0 Å². The van der Waals surface area contributed by atoms with Crippen molar-refractivity contribution >= 4 is 34.0 Å². The molecule has 0 spiro atoms. The molecule has 0 aromatic heterocycles. The fourth-order valence-corrected chi connectivity index (χ4v) is 5.23. The summed E-state index contributed by atoms with van der Waals surface area (Å²) in [6.45, 7) is 6.07. The minimum atomic E-state index is -0.300. The zero-order valence-corrected chi connectivity index (χ0v) is 21.7. The third kappa shape index (κ3) is 6.28. The summed E-state index contributed by atoms with van der Waals surface area (Å²) in [4.78, 5) is 15.8. The average molecular weight is 526 g/mol. The van der Waals surface area contributed by atoms with E-state index in [0.29, 0.717) is 25.5 Å². The molecule has 1 unspecified atom stereocenters. The number of hydrogen-bond acceptors (Lipinski definition) is 5. The molecule has 2 saturated heterocycles. The molecule has 1 atom stereocenters. The van der Waals surface area contributed by atoms with Gasteiger partial charge in [0.2, 0.25) is 5.91 Å². The zero-order valence-electron chi connectivity index (χ0n) is 20.9. The van der Waals surface area contributed by atoms with Crippen LogP contribution in [0.5, 0.6) is 11.5 Å². The molecule has 8 heteroatoms. The first-order chi connectivity index (χ1) is 18.0. The Kier molecular flexibility index (Phi) is 8.01. The lowest BCUT2D eigenvalue weighted by Gasteiger charge is -2.30. The molecule has 2 N–H and O–H groups in total. The predicted octanol–water partition coefficient (Wildman–Crippen LogP) is 5.04. The largest absolute Gasteiger partial charge is 0.486 e. The molecule has 3 heterocycles. The van der Waals surface area contributed by atoms with Crippen LogP contribution in [0.15, 0.2) is 48.5 Å². The summed E-state index contributed by atoms with van der Waals surface area (Å²) in [5.74, 6) is 0.301. The van der Waals surface area contributed by atoms with E-state index in [9.17, 15) is 9.18 Å². The molecule has 2 fully saturated rings. The van der Waals surface area contributed by atoms with Gasteiger partial charge >= 0.3 is 0 Å². The van der Waals surface area contributed by atoms with Crippen molar-refractivity contribution in [3.63, 3.8) is 0 Å². The van der Waals surface area contributed by atoms with Crippen LogP contribution in [0.2, 0.25) is 5.02 Å². The van der Waals surface area contributed by atoms with Gasteiger partial charge in [-0.3, -0.25) is 4.79 Å². The molecule has 3 aliphatic rings. The topological polar surface area (TPSA) is 68.0 Å². The van der Waals surface area contributed by atoms with E-state index in [1.165, 1.54) is 19.5 Å². The van der Waals surface area contributed by atoms with E-state index < -0.39 is 0 Å². The van der Waals surface area contributed by atoms with Gasteiger partial charge in [-0.15, -0.1) is 0 Å². The van der Waals surface area contributed by atoms with E-state index in [4.69, 9.17) is 26.8 Å². The van der Waals surface area contributed by atoms with Crippen LogP contribution in [-0.4, -0.2) is 56.7 Å². The molecule has 1 amide bonds. The van der Waals surface area contributed by atoms with Gasteiger partial charge in [0, 0.05) is 23.8 Å². The number of ether oxygens (including phenoxy) is 2. The number of hydrogen-bond donors (Lipinski definition) is 1. The van der Waals surface area contributed by atoms with Crippen molar-refractivity contribution < 1.29 is 18.7 Å². The van der Waals surface area contributed by atoms with Crippen molar-refractivity contribution in [1.82, 2.24) is 4.90 Å². The smallest absolute Gasteiger partial charge is 0.222 e. The Morgan fingerprint density at radius 2 is 1.81 bits per heavy atom. The van der Waals surface area contributed by atoms with Crippen molar-refractivity contribution in [3.8, 4) is 11.5 Å². The normalized spacial score (nSPS) is 18.8. The standard InChI is InChI=1S/C15H15ClN2O.C14H18FNO2/c16-13-3-1-11-8-14(4-2-10(11)7-13)18-6-5-12(9-18)15(17)19;15-12-9-11(3-1-4-16-5-2-6-16)10-13-14(12)18-8-7-17-13/h1-4,7-8,12H,5-6,9H2,(H2,17,19);9-10H,1-8H2. The lowest BCUT2D eigenvalue weighted by Crippen LogP contribution is -2.37. The van der Waals surface area contributed by atoms with E-state index in [2.05, 4.69) is 28.0 Å². The highest BCUT2D eigenvalue weighted by molar-refractivity contribution is 6.31. The Morgan fingerprint density at radius 1 is 1.03 bits per heavy atom. The predicted molar refractivity (Wildman–Crippen MR) is 145 cm³/mol. The highest BCUT2D eigenvalue weighted by Crippen LogP contribution is 2.34. The Bertz CT molecular complexity index is 1270. The van der Waals surface area contributed by atoms with Crippen LogP contribution in [0.1, 0.15) is 24.8 Å². The van der Waals surface area contributed by atoms with E-state index in [1.807, 2.05) is 24.3 Å². The second kappa shape index (κ2) is 11.6. The van der Waals surface area contributed by atoms with Crippen LogP contribution in [-0.2, 0) is 11.2 Å². The number of likely N-dealkylation sites (tertiary alicyclic amines) is 1. The molecule has 0 bridgehead atoms. The van der Waals surface area contributed by atoms with Gasteiger partial charge in [-0.2, -0.15) is 0 Å². The zero-order chi connectivity index (χ0) is 25.8. The number of nitrogens with two attached hydrogens (primary N) is 1. The number of rotatable bonds is 6. The van der Waals surface area contributed by atoms with Crippen LogP contribution in [0.3, 0.4) is 0 Å². The Morgan fingerprint density at radius 3 is 2.57 bits per heavy atom. The number of aryl methyl sites for hydroxylation is 1. The first-order valence-electron chi connectivity index (χ1n) is 13.0. The molecule has 3 aromatic carbocycles. The summed E-state index contributed by atoms with van der Waals surface area (Å²) in [5, 5.41) is 3.03. The number of fused-ring (bicyclic) bond motifs is 2.